The molecular formula is C55H45N7O7. The Balaban J connectivity index is 0.000000125. The molecule has 2 aliphatic carbocycles. The molecule has 4 bridgehead atoms. The Kier molecular flexibility index (Phi) is 7.15. The van der Waals surface area contributed by atoms with E-state index >= 15 is 0 Å². The summed E-state index contributed by atoms with van der Waals surface area (Å²) in [4.78, 5) is 52.8. The predicted octanol–water partition coefficient (Wildman–Crippen LogP) is 8.33. The quantitative estimate of drug-likeness (QED) is 0.143. The van der Waals surface area contributed by atoms with Crippen LogP contribution in [0.15, 0.2) is 97.1 Å². The first kappa shape index (κ1) is 39.6. The molecular weight excluding hydrogens is 871 g/mol. The Bertz CT molecular complexity index is 4170. The number of Topliss-reactive ketones (excluding diaryl/α,β-unsaturated/α-hetero) is 2. The Morgan fingerprint density at radius 1 is 0.551 bits per heavy atom. The van der Waals surface area contributed by atoms with Crippen molar-refractivity contribution < 1.29 is 33.4 Å². The van der Waals surface area contributed by atoms with Crippen LogP contribution < -0.4 is 17.2 Å². The number of hydrogen-bond acceptors (Lipinski definition) is 9. The fraction of sp³-hybridized carbons (Fsp3) is 0.273. The molecule has 0 spiro atoms. The summed E-state index contributed by atoms with van der Waals surface area (Å²) in [6.45, 7) is 3.77. The fourth-order valence-corrected chi connectivity index (χ4v) is 14.2. The number of nitrogens with two attached hydrogens (primary N) is 3. The molecule has 14 nitrogen and oxygen atoms in total. The van der Waals surface area contributed by atoms with Gasteiger partial charge in [0.05, 0.1) is 51.2 Å². The van der Waals surface area contributed by atoms with Gasteiger partial charge in [0.15, 0.2) is 28.6 Å². The van der Waals surface area contributed by atoms with Crippen LogP contribution in [0.1, 0.15) is 83.8 Å². The topological polar surface area (TPSA) is 194 Å². The number of hydrogen-bond donors (Lipinski definition) is 3. The molecule has 0 saturated carbocycles. The van der Waals surface area contributed by atoms with Crippen LogP contribution in [0.4, 0.5) is 0 Å². The third-order valence-electron chi connectivity index (χ3n) is 17.3. The fourth-order valence-electron chi connectivity index (χ4n) is 14.2. The van der Waals surface area contributed by atoms with Crippen LogP contribution in [-0.4, -0.2) is 59.9 Å². The number of methoxy groups -OCH3 is 1. The molecule has 2 saturated heterocycles. The number of primary amides is 1. The van der Waals surface area contributed by atoms with Crippen molar-refractivity contribution in [1.82, 2.24) is 18.3 Å². The first-order valence-electron chi connectivity index (χ1n) is 23.7. The van der Waals surface area contributed by atoms with E-state index < -0.39 is 46.9 Å². The van der Waals surface area contributed by atoms with Crippen molar-refractivity contribution in [2.24, 2.45) is 17.2 Å². The number of esters is 1. The number of carbonyl (C=O) groups excluding carboxylic acids is 4. The molecule has 6 aromatic carbocycles. The zero-order chi connectivity index (χ0) is 47.0. The molecule has 14 heteroatoms. The van der Waals surface area contributed by atoms with Crippen molar-refractivity contribution in [1.29, 1.82) is 0 Å². The molecule has 69 heavy (non-hydrogen) atoms. The highest BCUT2D eigenvalue weighted by molar-refractivity contribution is 6.33. The molecule has 1 amide bonds. The number of nitrogens with zero attached hydrogens (tertiary/aromatic N) is 4. The van der Waals surface area contributed by atoms with Crippen LogP contribution in [0.5, 0.6) is 0 Å². The molecule has 10 aromatic rings. The van der Waals surface area contributed by atoms with E-state index in [0.717, 1.165) is 109 Å². The van der Waals surface area contributed by atoms with Crippen molar-refractivity contribution in [3.05, 3.63) is 119 Å². The summed E-state index contributed by atoms with van der Waals surface area (Å²) >= 11 is 0. The Labute approximate surface area is 392 Å². The summed E-state index contributed by atoms with van der Waals surface area (Å²) in [5, 5.41) is 8.18. The maximum atomic E-state index is 13.3. The Morgan fingerprint density at radius 3 is 1.35 bits per heavy atom. The third-order valence-corrected chi connectivity index (χ3v) is 17.3. The highest BCUT2D eigenvalue weighted by atomic mass is 16.6. The monoisotopic (exact) mass is 915 g/mol. The summed E-state index contributed by atoms with van der Waals surface area (Å²) < 4.78 is 27.3. The van der Waals surface area contributed by atoms with Crippen LogP contribution in [0.3, 0.4) is 0 Å². The third kappa shape index (κ3) is 4.21. The van der Waals surface area contributed by atoms with Crippen molar-refractivity contribution in [2.45, 2.75) is 87.4 Å². The van der Waals surface area contributed by atoms with Crippen molar-refractivity contribution in [3.63, 3.8) is 0 Å². The van der Waals surface area contributed by atoms with E-state index in [0.29, 0.717) is 25.7 Å². The second-order valence-corrected chi connectivity index (χ2v) is 20.2. The number of aromatic nitrogens is 4. The van der Waals surface area contributed by atoms with Crippen LogP contribution in [0, 0.1) is 0 Å². The highest BCUT2D eigenvalue weighted by Gasteiger charge is 2.65. The van der Waals surface area contributed by atoms with Crippen molar-refractivity contribution >= 4 is 111 Å². The summed E-state index contributed by atoms with van der Waals surface area (Å²) in [5.41, 5.74) is 26.1. The molecule has 0 radical (unpaired) electrons. The van der Waals surface area contributed by atoms with Gasteiger partial charge in [-0.15, -0.1) is 0 Å². The zero-order valence-electron chi connectivity index (χ0n) is 38.0. The molecule has 2 fully saturated rings. The van der Waals surface area contributed by atoms with Gasteiger partial charge < -0.3 is 49.7 Å². The molecule has 16 rings (SSSR count). The average molecular weight is 916 g/mol. The lowest BCUT2D eigenvalue weighted by Crippen LogP contribution is -2.64. The Morgan fingerprint density at radius 2 is 0.928 bits per heavy atom. The van der Waals surface area contributed by atoms with Crippen LogP contribution in [0.2, 0.25) is 0 Å². The Hall–Kier alpha value is -7.36. The lowest BCUT2D eigenvalue weighted by Gasteiger charge is -2.38. The number of ketones is 2. The number of para-hydroxylation sites is 4. The second kappa shape index (κ2) is 12.4. The molecule has 4 aliphatic heterocycles. The molecule has 6 N–H and O–H groups in total. The minimum absolute atomic E-state index is 0.184. The average Bonchev–Trinajstić information content (AvgIpc) is 4.22. The molecule has 4 unspecified atom stereocenters. The maximum absolute atomic E-state index is 13.3. The van der Waals surface area contributed by atoms with Gasteiger partial charge in [0.1, 0.15) is 18.0 Å². The number of carbonyl (C=O) groups is 4. The number of amides is 1. The van der Waals surface area contributed by atoms with E-state index in [1.165, 1.54) is 7.11 Å². The maximum Gasteiger partial charge on any atom is 0.331 e. The van der Waals surface area contributed by atoms with Gasteiger partial charge in [0.2, 0.25) is 5.91 Å². The van der Waals surface area contributed by atoms with Gasteiger partial charge in [-0.3, -0.25) is 14.4 Å². The first-order valence-corrected chi connectivity index (χ1v) is 23.7. The summed E-state index contributed by atoms with van der Waals surface area (Å²) in [5.74, 6) is -0.716. The molecule has 6 atom stereocenters. The van der Waals surface area contributed by atoms with Crippen molar-refractivity contribution in [2.75, 3.05) is 7.11 Å². The second-order valence-electron chi connectivity index (χ2n) is 20.2. The van der Waals surface area contributed by atoms with E-state index in [-0.39, 0.29) is 24.4 Å². The van der Waals surface area contributed by atoms with Gasteiger partial charge in [0.25, 0.3) is 0 Å². The summed E-state index contributed by atoms with van der Waals surface area (Å²) in [6, 6.07) is 32.5. The molecule has 8 heterocycles. The number of ether oxygens (including phenoxy) is 3. The van der Waals surface area contributed by atoms with Crippen LogP contribution >= 0.6 is 0 Å². The number of fused-ring (bicyclic) bond motifs is 26. The summed E-state index contributed by atoms with van der Waals surface area (Å²) in [6.07, 6.45) is 1.89. The van der Waals surface area contributed by atoms with E-state index in [9.17, 15) is 19.2 Å². The van der Waals surface area contributed by atoms with Crippen molar-refractivity contribution in [3.8, 4) is 0 Å². The van der Waals surface area contributed by atoms with Crippen LogP contribution in [-0.2, 0) is 48.1 Å². The van der Waals surface area contributed by atoms with Crippen LogP contribution in [0.25, 0.3) is 87.2 Å². The SMILES string of the molecule is CC12OC(C[C@]1(N)C(N)=O)n1c3ccccc3c3c4c(c5c6ccccc6n2c5c31)CCC4=O.COC(=O)[C@@]1(N)CC2OC1(C)n1c3ccccc3c3c4c(c5c6ccccc6n2c5c31)C(=O)CC4. The van der Waals surface area contributed by atoms with Gasteiger partial charge in [0, 0.05) is 79.9 Å². The largest absolute Gasteiger partial charge is 0.468 e. The van der Waals surface area contributed by atoms with Gasteiger partial charge >= 0.3 is 5.97 Å². The smallest absolute Gasteiger partial charge is 0.331 e. The zero-order valence-corrected chi connectivity index (χ0v) is 38.0. The molecule has 6 aliphatic rings. The normalized spacial score (nSPS) is 27.2. The van der Waals surface area contributed by atoms with Gasteiger partial charge in [-0.25, -0.2) is 4.79 Å². The number of aryl methyl sites for hydroxylation is 2. The van der Waals surface area contributed by atoms with Gasteiger partial charge in [-0.05, 0) is 62.1 Å². The van der Waals surface area contributed by atoms with E-state index in [1.807, 2.05) is 80.6 Å². The predicted molar refractivity (Wildman–Crippen MR) is 262 cm³/mol. The first-order chi connectivity index (χ1) is 33.3. The van der Waals surface area contributed by atoms with E-state index in [1.54, 1.807) is 0 Å². The number of benzene rings is 6. The minimum Gasteiger partial charge on any atom is -0.468 e. The van der Waals surface area contributed by atoms with E-state index in [4.69, 9.17) is 31.4 Å². The lowest BCUT2D eigenvalue weighted by molar-refractivity contribution is -0.166. The molecule has 4 aromatic heterocycles. The van der Waals surface area contributed by atoms with E-state index in [2.05, 4.69) is 48.6 Å². The lowest BCUT2D eigenvalue weighted by atomic mass is 9.85. The minimum atomic E-state index is -1.42. The standard InChI is InChI=1S/C28H23N3O4.C27H22N4O3/c1-27-28(29,26(33)34-2)13-20(35-27)30-17-9-5-3-7-14(17)23-22-16(11-12-19(22)32)21-15-8-4-6-10-18(15)31(27)25(21)24(23)30;1-26-27(29,25(28)33)12-19(34-26)30-16-8-4-2-6-13(16)22-21-15(10-11-18(21)32)20-14-7-3-5-9-17(14)31(26)24(20)23(22)30/h3-10,20H,11-13,29H2,1-2H3;2-9,19H,10-12,29H2,1H3,(H2,28,33)/t20?,27?,28-;19?,26?,27-/m00/s1. The summed E-state index contributed by atoms with van der Waals surface area (Å²) in [7, 11) is 1.37. The van der Waals surface area contributed by atoms with Gasteiger partial charge in [-0.1, -0.05) is 72.8 Å². The van der Waals surface area contributed by atoms with Gasteiger partial charge in [-0.2, -0.15) is 0 Å². The highest BCUT2D eigenvalue weighted by Crippen LogP contribution is 2.59. The number of rotatable bonds is 2. The molecule has 342 valence electrons.